The Bertz CT molecular complexity index is 4570. The van der Waals surface area contributed by atoms with Gasteiger partial charge < -0.3 is 19.6 Å². The van der Waals surface area contributed by atoms with E-state index in [2.05, 4.69) is 329 Å². The van der Waals surface area contributed by atoms with Gasteiger partial charge in [0.2, 0.25) is 6.71 Å². The summed E-state index contributed by atoms with van der Waals surface area (Å²) in [7, 11) is 0. The molecule has 4 heterocycles. The van der Waals surface area contributed by atoms with E-state index in [9.17, 15) is 0 Å². The molecule has 0 fully saturated rings. The van der Waals surface area contributed by atoms with Crippen LogP contribution in [0.3, 0.4) is 0 Å². The van der Waals surface area contributed by atoms with Gasteiger partial charge in [-0.05, 0) is 143 Å². The number of hydrogen-bond acceptors (Lipinski definition) is 6. The smallest absolute Gasteiger partial charge is 0.252 e. The van der Waals surface area contributed by atoms with E-state index >= 15 is 0 Å². The maximum absolute atomic E-state index is 2.75. The summed E-state index contributed by atoms with van der Waals surface area (Å²) < 4.78 is 0. The molecule has 0 aromatic heterocycles. The molecule has 1 aliphatic carbocycles. The zero-order valence-corrected chi connectivity index (χ0v) is 48.6. The van der Waals surface area contributed by atoms with E-state index in [1.54, 1.807) is 0 Å². The Hall–Kier alpha value is -9.85. The van der Waals surface area contributed by atoms with Gasteiger partial charge in [0.25, 0.3) is 6.71 Å². The lowest BCUT2D eigenvalue weighted by atomic mass is 9.31. The van der Waals surface area contributed by atoms with Crippen molar-refractivity contribution < 1.29 is 0 Å². The van der Waals surface area contributed by atoms with Crippen molar-refractivity contribution in [3.8, 4) is 0 Å². The summed E-state index contributed by atoms with van der Waals surface area (Å²) in [6.45, 7) is -0.115. The minimum absolute atomic E-state index is 0.00498. The zero-order chi connectivity index (χ0) is 56.7. The number of anilines is 11. The Labute approximate surface area is 512 Å². The van der Waals surface area contributed by atoms with Crippen molar-refractivity contribution >= 4 is 138 Å². The molecule has 17 rings (SSSR count). The van der Waals surface area contributed by atoms with E-state index in [-0.39, 0.29) is 19.3 Å². The molecule has 86 heavy (non-hydrogen) atoms. The maximum atomic E-state index is 2.75. The van der Waals surface area contributed by atoms with Crippen LogP contribution in [0.4, 0.5) is 62.6 Å². The van der Waals surface area contributed by atoms with Crippen LogP contribution in [0.25, 0.3) is 5.57 Å². The molecule has 4 nitrogen and oxygen atoms in total. The molecule has 0 spiro atoms. The van der Waals surface area contributed by atoms with Gasteiger partial charge in [-0.15, -0.1) is 0 Å². The Balaban J connectivity index is 0.988. The second-order valence-corrected chi connectivity index (χ2v) is 24.8. The fourth-order valence-corrected chi connectivity index (χ4v) is 16.7. The van der Waals surface area contributed by atoms with Crippen LogP contribution in [0.2, 0.25) is 0 Å². The molecule has 0 saturated carbocycles. The van der Waals surface area contributed by atoms with Crippen LogP contribution in [0, 0.1) is 0 Å². The quantitative estimate of drug-likeness (QED) is 0.126. The van der Waals surface area contributed by atoms with Crippen molar-refractivity contribution in [1.29, 1.82) is 0 Å². The first kappa shape index (κ1) is 50.6. The molecule has 8 heteroatoms. The molecule has 5 aliphatic rings. The van der Waals surface area contributed by atoms with Gasteiger partial charge in [0.1, 0.15) is 0 Å². The predicted molar refractivity (Wildman–Crippen MR) is 366 cm³/mol. The lowest BCUT2D eigenvalue weighted by Crippen LogP contribution is -2.64. The highest BCUT2D eigenvalue weighted by atomic mass is 32.2. The van der Waals surface area contributed by atoms with Crippen molar-refractivity contribution in [2.75, 3.05) is 19.6 Å². The zero-order valence-electron chi connectivity index (χ0n) is 47.0. The van der Waals surface area contributed by atoms with Crippen molar-refractivity contribution in [3.05, 3.63) is 326 Å². The molecular formula is C78H54B2N4S2. The number of nitrogens with zero attached hydrogens (tertiary/aromatic N) is 4. The number of para-hydroxylation sites is 6. The van der Waals surface area contributed by atoms with Crippen LogP contribution in [0.1, 0.15) is 23.5 Å². The second kappa shape index (κ2) is 21.0. The third-order valence-electron chi connectivity index (χ3n) is 17.8. The van der Waals surface area contributed by atoms with Gasteiger partial charge in [-0.25, -0.2) is 0 Å². The van der Waals surface area contributed by atoms with Gasteiger partial charge in [0.15, 0.2) is 0 Å². The van der Waals surface area contributed by atoms with E-state index < -0.39 is 0 Å². The molecule has 0 amide bonds. The third kappa shape index (κ3) is 8.34. The molecular weight excluding hydrogens is 1080 g/mol. The van der Waals surface area contributed by atoms with E-state index in [0.29, 0.717) is 0 Å². The Kier molecular flexibility index (Phi) is 12.4. The minimum Gasteiger partial charge on any atom is -0.314 e. The lowest BCUT2D eigenvalue weighted by Gasteiger charge is -2.47. The second-order valence-electron chi connectivity index (χ2n) is 22.7. The van der Waals surface area contributed by atoms with Crippen molar-refractivity contribution in [2.24, 2.45) is 0 Å². The molecule has 0 saturated heterocycles. The molecule has 404 valence electrons. The fraction of sp³-hybridized carbons (Fsp3) is 0.0256. The summed E-state index contributed by atoms with van der Waals surface area (Å²) in [5.74, 6) is 0.0132. The summed E-state index contributed by atoms with van der Waals surface area (Å²) in [6, 6.07) is 111. The van der Waals surface area contributed by atoms with E-state index in [0.717, 1.165) is 51.9 Å². The molecule has 0 N–H and O–H groups in total. The van der Waals surface area contributed by atoms with Gasteiger partial charge >= 0.3 is 0 Å². The SMILES string of the molecule is C1=CC(c2ccccc2)=C(N2c3cc4c(cc3B3c5ccccc5N(c5ccccc5)c5cc(N(c6ccccc6)c6ccccc6)cc2c53)B2c3ccccc3Sc3cc(N(c5ccccc5)c5ccccc5)cc(c32)S4)C(c2ccccc2)C1. The Morgan fingerprint density at radius 3 is 1.42 bits per heavy atom. The highest BCUT2D eigenvalue weighted by Gasteiger charge is 2.48. The predicted octanol–water partition coefficient (Wildman–Crippen LogP) is 17.0. The molecule has 1 atom stereocenters. The van der Waals surface area contributed by atoms with Gasteiger partial charge in [-0.2, -0.15) is 0 Å². The van der Waals surface area contributed by atoms with Gasteiger partial charge in [-0.1, -0.05) is 241 Å². The number of rotatable bonds is 10. The highest BCUT2D eigenvalue weighted by Crippen LogP contribution is 2.53. The normalized spacial score (nSPS) is 14.8. The highest BCUT2D eigenvalue weighted by molar-refractivity contribution is 8.01. The van der Waals surface area contributed by atoms with Crippen LogP contribution in [-0.2, 0) is 0 Å². The monoisotopic (exact) mass is 1130 g/mol. The number of fused-ring (bicyclic) bond motifs is 8. The number of benzene rings is 12. The third-order valence-corrected chi connectivity index (χ3v) is 20.1. The van der Waals surface area contributed by atoms with Gasteiger partial charge in [0, 0.05) is 93.6 Å². The molecule has 12 aromatic rings. The van der Waals surface area contributed by atoms with E-state index in [4.69, 9.17) is 0 Å². The molecule has 0 bridgehead atoms. The first-order valence-corrected chi connectivity index (χ1v) is 31.4. The molecule has 1 unspecified atom stereocenters. The van der Waals surface area contributed by atoms with E-state index in [1.165, 1.54) is 91.8 Å². The summed E-state index contributed by atoms with van der Waals surface area (Å²) >= 11 is 3.86. The minimum atomic E-state index is -0.120. The van der Waals surface area contributed by atoms with Crippen molar-refractivity contribution in [3.63, 3.8) is 0 Å². The van der Waals surface area contributed by atoms with Gasteiger partial charge in [0.05, 0.1) is 5.69 Å². The largest absolute Gasteiger partial charge is 0.314 e. The lowest BCUT2D eigenvalue weighted by molar-refractivity contribution is 0.779. The topological polar surface area (TPSA) is 13.0 Å². The average molecular weight is 1130 g/mol. The van der Waals surface area contributed by atoms with Crippen LogP contribution in [0.15, 0.2) is 335 Å². The maximum Gasteiger partial charge on any atom is 0.252 e. The summed E-state index contributed by atoms with van der Waals surface area (Å²) in [6.07, 6.45) is 5.66. The standard InChI is InChI=1S/C78H54B2N4S2/c1-8-27-53(28-9-1)62-41-26-42-63(54-29-10-2-11-30-54)78(62)84-69-52-73-67(80-65-44-23-25-46-72(65)85-74-49-61(50-75(86-73)77(74)80)82(57-35-16-5-17-36-57)58-37-18-6-19-38-58)51-66(69)79-64-43-22-24-45-68(64)83(59-39-20-7-21-40-59)70-47-60(48-71(84)76(70)79)81(55-31-12-3-13-32-55)56-33-14-4-15-34-56/h1-41,43-52,63H,42H2. The number of hydrogen-bond donors (Lipinski definition) is 0. The summed E-state index contributed by atoms with van der Waals surface area (Å²) in [5.41, 5.74) is 25.5. The van der Waals surface area contributed by atoms with Crippen LogP contribution in [0.5, 0.6) is 0 Å². The van der Waals surface area contributed by atoms with Crippen LogP contribution < -0.4 is 52.4 Å². The summed E-state index contributed by atoms with van der Waals surface area (Å²) in [5, 5.41) is 0. The Morgan fingerprint density at radius 1 is 0.337 bits per heavy atom. The Morgan fingerprint density at radius 2 is 0.814 bits per heavy atom. The van der Waals surface area contributed by atoms with E-state index in [1.807, 2.05) is 23.5 Å². The average Bonchev–Trinajstić information content (AvgIpc) is 0.711. The molecule has 0 radical (unpaired) electrons. The van der Waals surface area contributed by atoms with Crippen LogP contribution in [-0.4, -0.2) is 13.4 Å². The number of allylic oxidation sites excluding steroid dienone is 4. The van der Waals surface area contributed by atoms with Crippen LogP contribution >= 0.6 is 23.5 Å². The van der Waals surface area contributed by atoms with Crippen molar-refractivity contribution in [1.82, 2.24) is 0 Å². The summed E-state index contributed by atoms with van der Waals surface area (Å²) in [4.78, 5) is 15.3. The first-order chi connectivity index (χ1) is 42.7. The molecule has 4 aliphatic heterocycles. The fourth-order valence-electron chi connectivity index (χ4n) is 14.3. The first-order valence-electron chi connectivity index (χ1n) is 29.7. The van der Waals surface area contributed by atoms with Gasteiger partial charge in [-0.3, -0.25) is 0 Å². The molecule has 12 aromatic carbocycles. The van der Waals surface area contributed by atoms with Crippen molar-refractivity contribution in [2.45, 2.75) is 31.9 Å².